The molecular formula is C10H19N3O4. The highest BCUT2D eigenvalue weighted by atomic mass is 16.4. The van der Waals surface area contributed by atoms with Crippen molar-refractivity contribution in [3.05, 3.63) is 0 Å². The molecule has 7 heteroatoms. The highest BCUT2D eigenvalue weighted by Crippen LogP contribution is 2.00. The topological polar surface area (TPSA) is 136 Å². The summed E-state index contributed by atoms with van der Waals surface area (Å²) in [5, 5.41) is 11.0. The zero-order valence-electron chi connectivity index (χ0n) is 9.81. The third-order valence-corrected chi connectivity index (χ3v) is 2.15. The van der Waals surface area contributed by atoms with Crippen molar-refractivity contribution in [3.8, 4) is 0 Å². The Morgan fingerprint density at radius 1 is 1.29 bits per heavy atom. The highest BCUT2D eigenvalue weighted by molar-refractivity contribution is 5.88. The second-order valence-electron chi connectivity index (χ2n) is 3.88. The van der Waals surface area contributed by atoms with Gasteiger partial charge in [0, 0.05) is 12.5 Å². The molecule has 0 aromatic rings. The first kappa shape index (κ1) is 15.4. The van der Waals surface area contributed by atoms with Gasteiger partial charge in [-0.2, -0.15) is 0 Å². The van der Waals surface area contributed by atoms with E-state index in [-0.39, 0.29) is 12.5 Å². The lowest BCUT2D eigenvalue weighted by Crippen LogP contribution is -2.44. The summed E-state index contributed by atoms with van der Waals surface area (Å²) >= 11 is 0. The maximum Gasteiger partial charge on any atom is 0.326 e. The smallest absolute Gasteiger partial charge is 0.326 e. The van der Waals surface area contributed by atoms with Gasteiger partial charge in [-0.25, -0.2) is 4.79 Å². The standard InChI is InChI=1S/C10H19N3O4/c1-2-3-6(11)4-9(15)13-7(10(16)17)5-8(12)14/h6-7H,2-5,11H2,1H3,(H2,12,14)(H,13,15)(H,16,17)/t6?,7-/m1/s1. The van der Waals surface area contributed by atoms with Gasteiger partial charge in [-0.1, -0.05) is 13.3 Å². The minimum absolute atomic E-state index is 0.0381. The van der Waals surface area contributed by atoms with Gasteiger partial charge in [-0.05, 0) is 6.42 Å². The maximum atomic E-state index is 11.4. The molecule has 17 heavy (non-hydrogen) atoms. The van der Waals surface area contributed by atoms with Crippen molar-refractivity contribution in [1.82, 2.24) is 5.32 Å². The van der Waals surface area contributed by atoms with Gasteiger partial charge in [0.05, 0.1) is 6.42 Å². The monoisotopic (exact) mass is 245 g/mol. The number of nitrogens with two attached hydrogens (primary N) is 2. The zero-order chi connectivity index (χ0) is 13.4. The van der Waals surface area contributed by atoms with Crippen molar-refractivity contribution in [2.24, 2.45) is 11.5 Å². The summed E-state index contributed by atoms with van der Waals surface area (Å²) in [4.78, 5) is 32.7. The Balaban J connectivity index is 4.21. The summed E-state index contributed by atoms with van der Waals surface area (Å²) in [5.41, 5.74) is 10.5. The van der Waals surface area contributed by atoms with E-state index < -0.39 is 30.2 Å². The molecule has 0 aliphatic carbocycles. The van der Waals surface area contributed by atoms with E-state index in [1.807, 2.05) is 6.92 Å². The van der Waals surface area contributed by atoms with E-state index in [1.54, 1.807) is 0 Å². The minimum atomic E-state index is -1.29. The van der Waals surface area contributed by atoms with Gasteiger partial charge in [0.1, 0.15) is 6.04 Å². The van der Waals surface area contributed by atoms with Crippen LogP contribution in [0.5, 0.6) is 0 Å². The second kappa shape index (κ2) is 7.61. The molecule has 0 saturated heterocycles. The van der Waals surface area contributed by atoms with E-state index in [2.05, 4.69) is 5.32 Å². The van der Waals surface area contributed by atoms with Crippen LogP contribution in [-0.4, -0.2) is 35.0 Å². The number of primary amides is 1. The van der Waals surface area contributed by atoms with Crippen molar-refractivity contribution in [2.75, 3.05) is 0 Å². The number of nitrogens with one attached hydrogen (secondary N) is 1. The summed E-state index contributed by atoms with van der Waals surface area (Å²) in [6.45, 7) is 1.94. The van der Waals surface area contributed by atoms with Crippen LogP contribution in [0, 0.1) is 0 Å². The molecule has 0 spiro atoms. The molecule has 0 radical (unpaired) electrons. The van der Waals surface area contributed by atoms with Crippen LogP contribution in [0.15, 0.2) is 0 Å². The molecule has 0 aliphatic heterocycles. The average molecular weight is 245 g/mol. The lowest BCUT2D eigenvalue weighted by Gasteiger charge is -2.15. The molecule has 0 heterocycles. The predicted molar refractivity (Wildman–Crippen MR) is 60.9 cm³/mol. The summed E-state index contributed by atoms with van der Waals surface area (Å²) in [6, 6.07) is -1.59. The number of carbonyl (C=O) groups is 3. The Labute approximate surface area is 99.5 Å². The van der Waals surface area contributed by atoms with E-state index in [0.29, 0.717) is 6.42 Å². The Hall–Kier alpha value is -1.63. The van der Waals surface area contributed by atoms with Crippen LogP contribution < -0.4 is 16.8 Å². The molecule has 2 atom stereocenters. The number of carboxylic acids is 1. The Morgan fingerprint density at radius 2 is 1.88 bits per heavy atom. The van der Waals surface area contributed by atoms with Crippen LogP contribution in [0.3, 0.4) is 0 Å². The Bertz CT molecular complexity index is 293. The number of aliphatic carboxylic acids is 1. The first-order valence-electron chi connectivity index (χ1n) is 5.42. The third-order valence-electron chi connectivity index (χ3n) is 2.15. The number of carbonyl (C=O) groups excluding carboxylic acids is 2. The highest BCUT2D eigenvalue weighted by Gasteiger charge is 2.22. The summed E-state index contributed by atoms with van der Waals surface area (Å²) < 4.78 is 0. The number of amides is 2. The molecule has 0 saturated carbocycles. The lowest BCUT2D eigenvalue weighted by molar-refractivity contribution is -0.143. The van der Waals surface area contributed by atoms with Gasteiger partial charge in [-0.3, -0.25) is 9.59 Å². The molecule has 1 unspecified atom stereocenters. The molecule has 2 amide bonds. The van der Waals surface area contributed by atoms with E-state index in [4.69, 9.17) is 16.6 Å². The largest absolute Gasteiger partial charge is 0.480 e. The number of carboxylic acid groups (broad SMARTS) is 1. The first-order valence-corrected chi connectivity index (χ1v) is 5.42. The van der Waals surface area contributed by atoms with Crippen LogP contribution in [0.25, 0.3) is 0 Å². The first-order chi connectivity index (χ1) is 7.86. The van der Waals surface area contributed by atoms with E-state index in [1.165, 1.54) is 0 Å². The van der Waals surface area contributed by atoms with Crippen LogP contribution in [0.2, 0.25) is 0 Å². The molecule has 0 bridgehead atoms. The molecule has 0 aromatic heterocycles. The molecule has 0 aliphatic rings. The van der Waals surface area contributed by atoms with Gasteiger partial charge in [-0.15, -0.1) is 0 Å². The van der Waals surface area contributed by atoms with Crippen LogP contribution in [0.1, 0.15) is 32.6 Å². The quantitative estimate of drug-likeness (QED) is 0.432. The normalized spacial score (nSPS) is 13.8. The molecule has 0 rings (SSSR count). The Morgan fingerprint density at radius 3 is 2.29 bits per heavy atom. The van der Waals surface area contributed by atoms with E-state index in [0.717, 1.165) is 6.42 Å². The molecule has 6 N–H and O–H groups in total. The van der Waals surface area contributed by atoms with Crippen LogP contribution in [0.4, 0.5) is 0 Å². The number of hydrogen-bond acceptors (Lipinski definition) is 4. The summed E-state index contributed by atoms with van der Waals surface area (Å²) in [5.74, 6) is -2.56. The van der Waals surface area contributed by atoms with Gasteiger partial charge in [0.15, 0.2) is 0 Å². The molecule has 7 nitrogen and oxygen atoms in total. The molecule has 0 aromatic carbocycles. The second-order valence-corrected chi connectivity index (χ2v) is 3.88. The predicted octanol–water partition coefficient (Wildman–Crippen LogP) is -1.05. The minimum Gasteiger partial charge on any atom is -0.480 e. The van der Waals surface area contributed by atoms with Crippen molar-refractivity contribution >= 4 is 17.8 Å². The van der Waals surface area contributed by atoms with Gasteiger partial charge < -0.3 is 21.9 Å². The maximum absolute atomic E-state index is 11.4. The van der Waals surface area contributed by atoms with Gasteiger partial charge in [0.25, 0.3) is 0 Å². The SMILES string of the molecule is CCCC(N)CC(=O)N[C@H](CC(N)=O)C(=O)O. The van der Waals surface area contributed by atoms with Crippen molar-refractivity contribution in [1.29, 1.82) is 0 Å². The van der Waals surface area contributed by atoms with E-state index in [9.17, 15) is 14.4 Å². The van der Waals surface area contributed by atoms with Gasteiger partial charge >= 0.3 is 5.97 Å². The zero-order valence-corrected chi connectivity index (χ0v) is 9.81. The van der Waals surface area contributed by atoms with E-state index >= 15 is 0 Å². The summed E-state index contributed by atoms with van der Waals surface area (Å²) in [7, 11) is 0. The Kier molecular flexibility index (Phi) is 6.88. The van der Waals surface area contributed by atoms with Gasteiger partial charge in [0.2, 0.25) is 11.8 Å². The fourth-order valence-electron chi connectivity index (χ4n) is 1.37. The fraction of sp³-hybridized carbons (Fsp3) is 0.700. The summed E-state index contributed by atoms with van der Waals surface area (Å²) in [6.07, 6.45) is 1.14. The van der Waals surface area contributed by atoms with Crippen LogP contribution >= 0.6 is 0 Å². The van der Waals surface area contributed by atoms with Crippen molar-refractivity contribution < 1.29 is 19.5 Å². The average Bonchev–Trinajstić information content (AvgIpc) is 2.15. The third kappa shape index (κ3) is 7.29. The molecule has 0 fully saturated rings. The van der Waals surface area contributed by atoms with Crippen LogP contribution in [-0.2, 0) is 14.4 Å². The number of rotatable bonds is 8. The number of hydrogen-bond donors (Lipinski definition) is 4. The van der Waals surface area contributed by atoms with Crippen molar-refractivity contribution in [3.63, 3.8) is 0 Å². The lowest BCUT2D eigenvalue weighted by atomic mass is 10.1. The molecule has 98 valence electrons. The van der Waals surface area contributed by atoms with Crippen molar-refractivity contribution in [2.45, 2.75) is 44.7 Å². The molecular weight excluding hydrogens is 226 g/mol. The fourth-order valence-corrected chi connectivity index (χ4v) is 1.37.